The van der Waals surface area contributed by atoms with Crippen molar-refractivity contribution in [1.82, 2.24) is 9.55 Å². The van der Waals surface area contributed by atoms with Crippen LogP contribution in [0.1, 0.15) is 5.82 Å². The molecule has 1 heterocycles. The van der Waals surface area contributed by atoms with Crippen molar-refractivity contribution in [2.45, 2.75) is 13.5 Å². The van der Waals surface area contributed by atoms with Gasteiger partial charge >= 0.3 is 5.97 Å². The monoisotopic (exact) mass is 224 g/mol. The molecule has 2 rings (SSSR count). The predicted molar refractivity (Wildman–Crippen MR) is 57.1 cm³/mol. The normalized spacial score (nSPS) is 10.8. The van der Waals surface area contributed by atoms with Gasteiger partial charge in [0.25, 0.3) is 0 Å². The Bertz CT molecular complexity index is 533. The first-order chi connectivity index (χ1) is 7.09. The number of benzene rings is 1. The molecule has 78 valence electrons. The molecule has 0 saturated carbocycles. The standard InChI is InChI=1S/C10H9ClN2O2/c1-6-12-10-7(11)3-2-4-8(10)13(6)5-9(14)15/h2-4H,5H2,1H3,(H,14,15). The number of aliphatic carboxylic acids is 1. The lowest BCUT2D eigenvalue weighted by Crippen LogP contribution is -2.09. The third-order valence-electron chi connectivity index (χ3n) is 2.21. The molecule has 0 amide bonds. The van der Waals surface area contributed by atoms with Crippen LogP contribution in [0.4, 0.5) is 0 Å². The van der Waals surface area contributed by atoms with Crippen molar-refractivity contribution in [3.05, 3.63) is 29.0 Å². The summed E-state index contributed by atoms with van der Waals surface area (Å²) in [6.45, 7) is 1.67. The summed E-state index contributed by atoms with van der Waals surface area (Å²) >= 11 is 5.96. The summed E-state index contributed by atoms with van der Waals surface area (Å²) in [6.07, 6.45) is 0. The zero-order chi connectivity index (χ0) is 11.0. The fraction of sp³-hybridized carbons (Fsp3) is 0.200. The molecule has 0 bridgehead atoms. The van der Waals surface area contributed by atoms with Crippen LogP contribution in [0.25, 0.3) is 11.0 Å². The minimum atomic E-state index is -0.891. The molecule has 0 fully saturated rings. The Morgan fingerprint density at radius 3 is 3.00 bits per heavy atom. The SMILES string of the molecule is Cc1nc2c(Cl)cccc2n1CC(=O)O. The number of para-hydroxylation sites is 1. The Labute approximate surface area is 91.1 Å². The van der Waals surface area contributed by atoms with E-state index in [2.05, 4.69) is 4.98 Å². The molecular weight excluding hydrogens is 216 g/mol. The van der Waals surface area contributed by atoms with E-state index in [1.54, 1.807) is 23.6 Å². The summed E-state index contributed by atoms with van der Waals surface area (Å²) in [6, 6.07) is 5.33. The molecule has 0 unspecified atom stereocenters. The number of imidazole rings is 1. The third kappa shape index (κ3) is 1.68. The Hall–Kier alpha value is -1.55. The van der Waals surface area contributed by atoms with Crippen LogP contribution in [0.2, 0.25) is 5.02 Å². The number of halogens is 1. The molecule has 0 aliphatic rings. The van der Waals surface area contributed by atoms with E-state index >= 15 is 0 Å². The van der Waals surface area contributed by atoms with Crippen molar-refractivity contribution in [2.24, 2.45) is 0 Å². The van der Waals surface area contributed by atoms with E-state index in [0.29, 0.717) is 16.4 Å². The van der Waals surface area contributed by atoms with Gasteiger partial charge in [-0.1, -0.05) is 17.7 Å². The van der Waals surface area contributed by atoms with Crippen LogP contribution in [0.15, 0.2) is 18.2 Å². The number of nitrogens with zero attached hydrogens (tertiary/aromatic N) is 2. The highest BCUT2D eigenvalue weighted by atomic mass is 35.5. The van der Waals surface area contributed by atoms with Gasteiger partial charge in [-0.3, -0.25) is 4.79 Å². The quantitative estimate of drug-likeness (QED) is 0.850. The smallest absolute Gasteiger partial charge is 0.323 e. The largest absolute Gasteiger partial charge is 0.480 e. The first-order valence-corrected chi connectivity index (χ1v) is 4.80. The topological polar surface area (TPSA) is 55.1 Å². The minimum absolute atomic E-state index is 0.0946. The van der Waals surface area contributed by atoms with E-state index in [9.17, 15) is 4.79 Å². The highest BCUT2D eigenvalue weighted by Gasteiger charge is 2.11. The van der Waals surface area contributed by atoms with Crippen molar-refractivity contribution in [3.63, 3.8) is 0 Å². The lowest BCUT2D eigenvalue weighted by molar-refractivity contribution is -0.137. The zero-order valence-corrected chi connectivity index (χ0v) is 8.82. The maximum Gasteiger partial charge on any atom is 0.323 e. The molecule has 2 aromatic rings. The second kappa shape index (κ2) is 3.55. The van der Waals surface area contributed by atoms with Crippen LogP contribution in [-0.4, -0.2) is 20.6 Å². The van der Waals surface area contributed by atoms with Crippen LogP contribution in [0.3, 0.4) is 0 Å². The van der Waals surface area contributed by atoms with Gasteiger partial charge in [0.15, 0.2) is 0 Å². The molecule has 1 aromatic carbocycles. The van der Waals surface area contributed by atoms with Gasteiger partial charge in [0.05, 0.1) is 10.5 Å². The summed E-state index contributed by atoms with van der Waals surface area (Å²) in [5.74, 6) is -0.238. The molecule has 0 aliphatic heterocycles. The molecule has 0 atom stereocenters. The number of aromatic nitrogens is 2. The van der Waals surface area contributed by atoms with Crippen molar-refractivity contribution in [1.29, 1.82) is 0 Å². The summed E-state index contributed by atoms with van der Waals surface area (Å²) < 4.78 is 1.63. The number of carboxylic acid groups (broad SMARTS) is 1. The number of carboxylic acids is 1. The average molecular weight is 225 g/mol. The van der Waals surface area contributed by atoms with Crippen LogP contribution in [0.5, 0.6) is 0 Å². The molecule has 0 radical (unpaired) electrons. The number of carbonyl (C=O) groups is 1. The van der Waals surface area contributed by atoms with Gasteiger partial charge in [-0.05, 0) is 19.1 Å². The highest BCUT2D eigenvalue weighted by molar-refractivity contribution is 6.34. The molecule has 0 saturated heterocycles. The lowest BCUT2D eigenvalue weighted by atomic mass is 10.3. The Balaban J connectivity index is 2.68. The highest BCUT2D eigenvalue weighted by Crippen LogP contribution is 2.23. The van der Waals surface area contributed by atoms with Gasteiger partial charge in [0, 0.05) is 0 Å². The maximum absolute atomic E-state index is 10.7. The van der Waals surface area contributed by atoms with E-state index in [1.165, 1.54) is 0 Å². The van der Waals surface area contributed by atoms with Crippen LogP contribution >= 0.6 is 11.6 Å². The van der Waals surface area contributed by atoms with Crippen LogP contribution in [-0.2, 0) is 11.3 Å². The molecule has 4 nitrogen and oxygen atoms in total. The van der Waals surface area contributed by atoms with E-state index in [4.69, 9.17) is 16.7 Å². The molecule has 1 aromatic heterocycles. The Kier molecular flexibility index (Phi) is 2.36. The summed E-state index contributed by atoms with van der Waals surface area (Å²) in [7, 11) is 0. The van der Waals surface area contributed by atoms with E-state index in [1.807, 2.05) is 6.07 Å². The summed E-state index contributed by atoms with van der Waals surface area (Å²) in [5, 5.41) is 9.30. The van der Waals surface area contributed by atoms with Gasteiger partial charge in [0.2, 0.25) is 0 Å². The number of fused-ring (bicyclic) bond motifs is 1. The van der Waals surface area contributed by atoms with Gasteiger partial charge in [-0.2, -0.15) is 0 Å². The van der Waals surface area contributed by atoms with Gasteiger partial charge in [-0.15, -0.1) is 0 Å². The molecule has 15 heavy (non-hydrogen) atoms. The van der Waals surface area contributed by atoms with Crippen molar-refractivity contribution >= 4 is 28.6 Å². The van der Waals surface area contributed by atoms with Crippen molar-refractivity contribution < 1.29 is 9.90 Å². The third-order valence-corrected chi connectivity index (χ3v) is 2.52. The average Bonchev–Trinajstić information content (AvgIpc) is 2.45. The summed E-state index contributed by atoms with van der Waals surface area (Å²) in [5.41, 5.74) is 1.40. The zero-order valence-electron chi connectivity index (χ0n) is 8.07. The van der Waals surface area contributed by atoms with E-state index in [-0.39, 0.29) is 6.54 Å². The fourth-order valence-corrected chi connectivity index (χ4v) is 1.78. The molecule has 0 spiro atoms. The first kappa shape index (κ1) is 9.98. The maximum atomic E-state index is 10.7. The first-order valence-electron chi connectivity index (χ1n) is 4.42. The number of hydrogen-bond acceptors (Lipinski definition) is 2. The Morgan fingerprint density at radius 1 is 1.60 bits per heavy atom. The number of aryl methyl sites for hydroxylation is 1. The van der Waals surface area contributed by atoms with E-state index in [0.717, 1.165) is 5.52 Å². The number of hydrogen-bond donors (Lipinski definition) is 1. The van der Waals surface area contributed by atoms with Gasteiger partial charge in [-0.25, -0.2) is 4.98 Å². The molecular formula is C10H9ClN2O2. The fourth-order valence-electron chi connectivity index (χ4n) is 1.56. The molecule has 0 aliphatic carbocycles. The molecule has 1 N–H and O–H groups in total. The summed E-state index contributed by atoms with van der Waals surface area (Å²) in [4.78, 5) is 14.9. The van der Waals surface area contributed by atoms with E-state index < -0.39 is 5.97 Å². The second-order valence-corrected chi connectivity index (χ2v) is 3.65. The number of rotatable bonds is 2. The molecule has 5 heteroatoms. The lowest BCUT2D eigenvalue weighted by Gasteiger charge is -2.01. The predicted octanol–water partition coefficient (Wildman–Crippen LogP) is 2.08. The second-order valence-electron chi connectivity index (χ2n) is 3.25. The minimum Gasteiger partial charge on any atom is -0.480 e. The van der Waals surface area contributed by atoms with Gasteiger partial charge < -0.3 is 9.67 Å². The van der Waals surface area contributed by atoms with Crippen molar-refractivity contribution in [3.8, 4) is 0 Å². The van der Waals surface area contributed by atoms with Crippen molar-refractivity contribution in [2.75, 3.05) is 0 Å². The van der Waals surface area contributed by atoms with Crippen LogP contribution < -0.4 is 0 Å². The van der Waals surface area contributed by atoms with Crippen LogP contribution in [0, 0.1) is 6.92 Å². The van der Waals surface area contributed by atoms with Gasteiger partial charge in [0.1, 0.15) is 17.9 Å². The Morgan fingerprint density at radius 2 is 2.33 bits per heavy atom.